The average molecular weight is 555 g/mol. The number of nitrogens with zero attached hydrogens (tertiary/aromatic N) is 3. The summed E-state index contributed by atoms with van der Waals surface area (Å²) < 4.78 is 43.5. The third-order valence-corrected chi connectivity index (χ3v) is 10.4. The molecule has 1 saturated carbocycles. The number of benzene rings is 2. The molecule has 6 rings (SSSR count). The van der Waals surface area contributed by atoms with Gasteiger partial charge in [0.15, 0.2) is 0 Å². The van der Waals surface area contributed by atoms with E-state index in [-0.39, 0.29) is 28.7 Å². The molecule has 0 bridgehead atoms. The van der Waals surface area contributed by atoms with Crippen molar-refractivity contribution in [2.75, 3.05) is 22.7 Å². The van der Waals surface area contributed by atoms with Crippen molar-refractivity contribution < 1.29 is 22.4 Å². The number of aromatic nitrogens is 1. The van der Waals surface area contributed by atoms with E-state index in [0.29, 0.717) is 43.0 Å². The highest BCUT2D eigenvalue weighted by Crippen LogP contribution is 2.59. The molecule has 2 aliphatic heterocycles. The van der Waals surface area contributed by atoms with Gasteiger partial charge in [-0.05, 0) is 79.6 Å². The highest BCUT2D eigenvalue weighted by Gasteiger charge is 2.60. The second-order valence-electron chi connectivity index (χ2n) is 10.3. The molecule has 1 aliphatic carbocycles. The van der Waals surface area contributed by atoms with Crippen LogP contribution in [0.1, 0.15) is 48.7 Å². The van der Waals surface area contributed by atoms with E-state index in [4.69, 9.17) is 0 Å². The number of nitrogens with one attached hydrogen (secondary N) is 1. The first-order valence-corrected chi connectivity index (χ1v) is 15.0. The maximum absolute atomic E-state index is 14.1. The van der Waals surface area contributed by atoms with E-state index in [2.05, 4.69) is 10.3 Å². The molecule has 8 nitrogen and oxygen atoms in total. The third kappa shape index (κ3) is 4.08. The van der Waals surface area contributed by atoms with Crippen molar-refractivity contribution in [3.05, 3.63) is 70.4 Å². The van der Waals surface area contributed by atoms with Gasteiger partial charge >= 0.3 is 0 Å². The topological polar surface area (TPSA) is 99.7 Å². The summed E-state index contributed by atoms with van der Waals surface area (Å²) in [4.78, 5) is 30.8. The van der Waals surface area contributed by atoms with Crippen molar-refractivity contribution in [1.29, 1.82) is 0 Å². The third-order valence-electron chi connectivity index (χ3n) is 8.05. The monoisotopic (exact) mass is 554 g/mol. The Kier molecular flexibility index (Phi) is 6.03. The Balaban J connectivity index is 1.47. The summed E-state index contributed by atoms with van der Waals surface area (Å²) >= 11 is 1.33. The quantitative estimate of drug-likeness (QED) is 0.504. The fourth-order valence-corrected chi connectivity index (χ4v) is 8.43. The SMILES string of the molecule is CC(=O)N1CCC2(CC1)c1cc(NC(=O)c3cscn3)ccc1N(S(=O)(=O)c1ccc(F)cc1)C2C1CC1. The van der Waals surface area contributed by atoms with Crippen molar-refractivity contribution in [3.63, 3.8) is 0 Å². The number of carbonyl (C=O) groups excluding carboxylic acids is 2. The van der Waals surface area contributed by atoms with Crippen LogP contribution in [0.4, 0.5) is 15.8 Å². The molecule has 3 aromatic rings. The van der Waals surface area contributed by atoms with Crippen LogP contribution in [0.15, 0.2) is 58.3 Å². The first-order chi connectivity index (χ1) is 18.2. The number of amides is 2. The number of thiazole rings is 1. The van der Waals surface area contributed by atoms with Gasteiger partial charge in [-0.1, -0.05) is 0 Å². The highest BCUT2D eigenvalue weighted by atomic mass is 32.2. The van der Waals surface area contributed by atoms with Crippen LogP contribution in [0, 0.1) is 11.7 Å². The second kappa shape index (κ2) is 9.16. The molecule has 1 saturated heterocycles. The van der Waals surface area contributed by atoms with Crippen LogP contribution in [0.3, 0.4) is 0 Å². The summed E-state index contributed by atoms with van der Waals surface area (Å²) in [5, 5.41) is 4.57. The minimum absolute atomic E-state index is 0.00103. The van der Waals surface area contributed by atoms with E-state index >= 15 is 0 Å². The number of anilines is 2. The van der Waals surface area contributed by atoms with Gasteiger partial charge in [0.05, 0.1) is 22.1 Å². The molecule has 1 aromatic heterocycles. The fraction of sp³-hybridized carbons (Fsp3) is 0.370. The Morgan fingerprint density at radius 3 is 2.42 bits per heavy atom. The van der Waals surface area contributed by atoms with Gasteiger partial charge in [0.25, 0.3) is 15.9 Å². The van der Waals surface area contributed by atoms with E-state index in [9.17, 15) is 22.4 Å². The summed E-state index contributed by atoms with van der Waals surface area (Å²) in [5.41, 5.74) is 3.39. The molecule has 2 amide bonds. The molecular formula is C27H27FN4O4S2. The molecule has 38 heavy (non-hydrogen) atoms. The number of rotatable bonds is 5. The molecule has 2 fully saturated rings. The van der Waals surface area contributed by atoms with Gasteiger partial charge < -0.3 is 10.2 Å². The minimum atomic E-state index is -4.01. The Bertz CT molecular complexity index is 1500. The van der Waals surface area contributed by atoms with Gasteiger partial charge in [-0.2, -0.15) is 0 Å². The molecule has 1 N–H and O–H groups in total. The average Bonchev–Trinajstić information content (AvgIpc) is 3.49. The van der Waals surface area contributed by atoms with Crippen molar-refractivity contribution in [2.45, 2.75) is 49.0 Å². The van der Waals surface area contributed by atoms with Gasteiger partial charge in [0.1, 0.15) is 11.5 Å². The number of fused-ring (bicyclic) bond motifs is 2. The minimum Gasteiger partial charge on any atom is -0.343 e. The summed E-state index contributed by atoms with van der Waals surface area (Å²) in [5.74, 6) is -0.659. The van der Waals surface area contributed by atoms with Gasteiger partial charge in [0.2, 0.25) is 5.91 Å². The summed E-state index contributed by atoms with van der Waals surface area (Å²) in [6, 6.07) is 9.96. The van der Waals surface area contributed by atoms with Crippen molar-refractivity contribution in [2.24, 2.45) is 5.92 Å². The molecule has 1 unspecified atom stereocenters. The van der Waals surface area contributed by atoms with Crippen LogP contribution in [-0.2, 0) is 20.2 Å². The molecular weight excluding hydrogens is 527 g/mol. The van der Waals surface area contributed by atoms with Crippen molar-refractivity contribution in [1.82, 2.24) is 9.88 Å². The Hall–Kier alpha value is -3.31. The standard InChI is InChI=1S/C27H27FN4O4S2/c1-17(33)31-12-10-27(11-13-31)22-14-20(30-26(34)23-15-37-16-29-23)6-9-24(22)32(25(27)18-2-3-18)38(35,36)21-7-4-19(28)5-8-21/h4-9,14-16,18,25H,2-3,10-13H2,1H3,(H,30,34). The van der Waals surface area contributed by atoms with E-state index in [1.165, 1.54) is 23.5 Å². The van der Waals surface area contributed by atoms with Gasteiger partial charge in [-0.3, -0.25) is 13.9 Å². The number of halogens is 1. The lowest BCUT2D eigenvalue weighted by Gasteiger charge is -2.45. The fourth-order valence-electron chi connectivity index (χ4n) is 6.10. The van der Waals surface area contributed by atoms with E-state index in [1.54, 1.807) is 39.2 Å². The number of carbonyl (C=O) groups is 2. The first kappa shape index (κ1) is 25.0. The van der Waals surface area contributed by atoms with Crippen LogP contribution >= 0.6 is 11.3 Å². The van der Waals surface area contributed by atoms with E-state index in [0.717, 1.165) is 30.5 Å². The Morgan fingerprint density at radius 1 is 1.11 bits per heavy atom. The van der Waals surface area contributed by atoms with Crippen LogP contribution in [0.2, 0.25) is 0 Å². The van der Waals surface area contributed by atoms with Crippen LogP contribution in [0.25, 0.3) is 0 Å². The van der Waals surface area contributed by atoms with E-state index < -0.39 is 21.3 Å². The molecule has 3 heterocycles. The largest absolute Gasteiger partial charge is 0.343 e. The molecule has 0 radical (unpaired) electrons. The van der Waals surface area contributed by atoms with Gasteiger partial charge in [-0.15, -0.1) is 11.3 Å². The molecule has 3 aliphatic rings. The summed E-state index contributed by atoms with van der Waals surface area (Å²) in [7, 11) is -4.01. The normalized spacial score (nSPS) is 20.4. The number of piperidine rings is 1. The maximum atomic E-state index is 14.1. The first-order valence-electron chi connectivity index (χ1n) is 12.6. The second-order valence-corrected chi connectivity index (χ2v) is 12.8. The number of hydrogen-bond donors (Lipinski definition) is 1. The summed E-state index contributed by atoms with van der Waals surface area (Å²) in [6.07, 6.45) is 3.05. The smallest absolute Gasteiger partial charge is 0.275 e. The molecule has 198 valence electrons. The maximum Gasteiger partial charge on any atom is 0.275 e. The van der Waals surface area contributed by atoms with E-state index in [1.807, 2.05) is 6.07 Å². The molecule has 1 spiro atoms. The van der Waals surface area contributed by atoms with Crippen molar-refractivity contribution in [3.8, 4) is 0 Å². The highest BCUT2D eigenvalue weighted by molar-refractivity contribution is 7.92. The Labute approximate surface area is 224 Å². The van der Waals surface area contributed by atoms with Crippen molar-refractivity contribution >= 4 is 44.5 Å². The van der Waals surface area contributed by atoms with Gasteiger partial charge in [-0.25, -0.2) is 17.8 Å². The lowest BCUT2D eigenvalue weighted by Crippen LogP contribution is -2.54. The predicted octanol–water partition coefficient (Wildman–Crippen LogP) is 4.40. The zero-order valence-electron chi connectivity index (χ0n) is 20.8. The Morgan fingerprint density at radius 2 is 1.82 bits per heavy atom. The molecule has 2 aromatic carbocycles. The lowest BCUT2D eigenvalue weighted by atomic mass is 9.68. The number of likely N-dealkylation sites (tertiary alicyclic amines) is 1. The molecule has 1 atom stereocenters. The summed E-state index contributed by atoms with van der Waals surface area (Å²) in [6.45, 7) is 2.60. The number of sulfonamides is 1. The van der Waals surface area contributed by atoms with Crippen LogP contribution in [0.5, 0.6) is 0 Å². The lowest BCUT2D eigenvalue weighted by molar-refractivity contribution is -0.130. The van der Waals surface area contributed by atoms with Crippen LogP contribution in [-0.4, -0.2) is 49.2 Å². The number of hydrogen-bond acceptors (Lipinski definition) is 6. The zero-order chi connectivity index (χ0) is 26.7. The molecule has 11 heteroatoms. The van der Waals surface area contributed by atoms with Crippen LogP contribution < -0.4 is 9.62 Å². The van der Waals surface area contributed by atoms with Gasteiger partial charge in [0, 0.05) is 36.5 Å². The zero-order valence-corrected chi connectivity index (χ0v) is 22.4. The predicted molar refractivity (Wildman–Crippen MR) is 142 cm³/mol.